The van der Waals surface area contributed by atoms with Crippen molar-refractivity contribution in [1.82, 2.24) is 4.98 Å². The molecule has 0 aliphatic rings. The standard InChI is InChI=1S/C16H14Cl2N2O5S/c1-3-24-16(23)14-8(2)6-12(26-14)20-11(21)7-25-15(22)13-9(17)4-5-10(18)19-13/h4-6H,3,7H2,1-2H3,(H,20,21). The Morgan fingerprint density at radius 3 is 2.62 bits per heavy atom. The van der Waals surface area contributed by atoms with Crippen molar-refractivity contribution in [1.29, 1.82) is 0 Å². The van der Waals surface area contributed by atoms with E-state index in [2.05, 4.69) is 10.3 Å². The van der Waals surface area contributed by atoms with Crippen molar-refractivity contribution in [3.8, 4) is 0 Å². The fraction of sp³-hybridized carbons (Fsp3) is 0.250. The zero-order valence-electron chi connectivity index (χ0n) is 13.8. The van der Waals surface area contributed by atoms with Gasteiger partial charge in [0.05, 0.1) is 16.6 Å². The van der Waals surface area contributed by atoms with Crippen LogP contribution in [0.3, 0.4) is 0 Å². The Bertz CT molecular complexity index is 853. The number of hydrogen-bond donors (Lipinski definition) is 1. The minimum absolute atomic E-state index is 0.0627. The van der Waals surface area contributed by atoms with Crippen LogP contribution in [0.4, 0.5) is 5.00 Å². The van der Waals surface area contributed by atoms with E-state index in [0.29, 0.717) is 15.4 Å². The number of halogens is 2. The number of carbonyl (C=O) groups excluding carboxylic acids is 3. The van der Waals surface area contributed by atoms with Crippen molar-refractivity contribution in [2.45, 2.75) is 13.8 Å². The summed E-state index contributed by atoms with van der Waals surface area (Å²) in [4.78, 5) is 39.8. The van der Waals surface area contributed by atoms with Crippen LogP contribution in [0.5, 0.6) is 0 Å². The van der Waals surface area contributed by atoms with Gasteiger partial charge < -0.3 is 14.8 Å². The maximum atomic E-state index is 11.9. The van der Waals surface area contributed by atoms with Crippen LogP contribution in [0.15, 0.2) is 18.2 Å². The average Bonchev–Trinajstić information content (AvgIpc) is 2.95. The van der Waals surface area contributed by atoms with Gasteiger partial charge in [-0.15, -0.1) is 11.3 Å². The molecule has 1 amide bonds. The van der Waals surface area contributed by atoms with E-state index < -0.39 is 24.5 Å². The van der Waals surface area contributed by atoms with E-state index in [1.165, 1.54) is 12.1 Å². The number of hydrogen-bond acceptors (Lipinski definition) is 7. The quantitative estimate of drug-likeness (QED) is 0.569. The van der Waals surface area contributed by atoms with Crippen molar-refractivity contribution in [2.24, 2.45) is 0 Å². The fourth-order valence-corrected chi connectivity index (χ4v) is 3.19. The number of ether oxygens (including phenoxy) is 2. The summed E-state index contributed by atoms with van der Waals surface area (Å²) < 4.78 is 9.81. The van der Waals surface area contributed by atoms with E-state index in [-0.39, 0.29) is 22.5 Å². The number of amides is 1. The van der Waals surface area contributed by atoms with Crippen LogP contribution < -0.4 is 5.32 Å². The number of pyridine rings is 1. The highest BCUT2D eigenvalue weighted by molar-refractivity contribution is 7.18. The lowest BCUT2D eigenvalue weighted by molar-refractivity contribution is -0.119. The summed E-state index contributed by atoms with van der Waals surface area (Å²) in [6, 6.07) is 4.46. The van der Waals surface area contributed by atoms with Crippen molar-refractivity contribution < 1.29 is 23.9 Å². The molecule has 1 N–H and O–H groups in total. The molecule has 138 valence electrons. The molecule has 0 aliphatic carbocycles. The number of aromatic nitrogens is 1. The minimum atomic E-state index is -0.873. The summed E-state index contributed by atoms with van der Waals surface area (Å²) in [6.45, 7) is 3.15. The highest BCUT2D eigenvalue weighted by Gasteiger charge is 2.18. The summed E-state index contributed by atoms with van der Waals surface area (Å²) in [5, 5.41) is 3.12. The van der Waals surface area contributed by atoms with E-state index in [1.807, 2.05) is 0 Å². The van der Waals surface area contributed by atoms with Gasteiger partial charge in [-0.3, -0.25) is 4.79 Å². The van der Waals surface area contributed by atoms with Gasteiger partial charge in [0.25, 0.3) is 5.91 Å². The molecule has 0 atom stereocenters. The smallest absolute Gasteiger partial charge is 0.359 e. The van der Waals surface area contributed by atoms with Gasteiger partial charge in [-0.1, -0.05) is 23.2 Å². The number of aryl methyl sites for hydroxylation is 1. The minimum Gasteiger partial charge on any atom is -0.462 e. The van der Waals surface area contributed by atoms with E-state index in [0.717, 1.165) is 11.3 Å². The molecule has 0 unspecified atom stereocenters. The highest BCUT2D eigenvalue weighted by atomic mass is 35.5. The molecule has 2 rings (SSSR count). The number of esters is 2. The first-order chi connectivity index (χ1) is 12.3. The summed E-state index contributed by atoms with van der Waals surface area (Å²) >= 11 is 12.6. The Labute approximate surface area is 163 Å². The van der Waals surface area contributed by atoms with Crippen molar-refractivity contribution in [3.05, 3.63) is 44.5 Å². The van der Waals surface area contributed by atoms with E-state index >= 15 is 0 Å². The lowest BCUT2D eigenvalue weighted by atomic mass is 10.3. The first-order valence-corrected chi connectivity index (χ1v) is 8.95. The molecule has 0 saturated carbocycles. The van der Waals surface area contributed by atoms with Crippen LogP contribution in [-0.2, 0) is 14.3 Å². The summed E-state index contributed by atoms with van der Waals surface area (Å²) in [6.07, 6.45) is 0. The van der Waals surface area contributed by atoms with Gasteiger partial charge in [0, 0.05) is 0 Å². The Hall–Kier alpha value is -2.16. The molecular formula is C16H14Cl2N2O5S. The van der Waals surface area contributed by atoms with E-state index in [9.17, 15) is 14.4 Å². The zero-order chi connectivity index (χ0) is 19.3. The molecule has 26 heavy (non-hydrogen) atoms. The SMILES string of the molecule is CCOC(=O)c1sc(NC(=O)COC(=O)c2nc(Cl)ccc2Cl)cc1C. The van der Waals surface area contributed by atoms with Crippen LogP contribution >= 0.6 is 34.5 Å². The largest absolute Gasteiger partial charge is 0.462 e. The van der Waals surface area contributed by atoms with Crippen LogP contribution in [-0.4, -0.2) is 36.0 Å². The Kier molecular flexibility index (Phi) is 6.96. The van der Waals surface area contributed by atoms with Crippen LogP contribution in [0.25, 0.3) is 0 Å². The maximum absolute atomic E-state index is 11.9. The Balaban J connectivity index is 1.95. The molecule has 2 heterocycles. The van der Waals surface area contributed by atoms with E-state index in [4.69, 9.17) is 32.7 Å². The van der Waals surface area contributed by atoms with Crippen LogP contribution in [0.2, 0.25) is 10.2 Å². The lowest BCUT2D eigenvalue weighted by Gasteiger charge is -2.06. The monoisotopic (exact) mass is 416 g/mol. The molecule has 0 aromatic carbocycles. The molecule has 0 saturated heterocycles. The van der Waals surface area contributed by atoms with Gasteiger partial charge in [-0.25, -0.2) is 14.6 Å². The lowest BCUT2D eigenvalue weighted by Crippen LogP contribution is -2.21. The third-order valence-corrected chi connectivity index (χ3v) is 4.63. The molecule has 10 heteroatoms. The fourth-order valence-electron chi connectivity index (χ4n) is 1.88. The second-order valence-corrected chi connectivity index (χ2v) is 6.78. The van der Waals surface area contributed by atoms with Gasteiger partial charge in [-0.2, -0.15) is 0 Å². The normalized spacial score (nSPS) is 10.3. The molecule has 0 spiro atoms. The summed E-state index contributed by atoms with van der Waals surface area (Å²) in [7, 11) is 0. The molecular weight excluding hydrogens is 403 g/mol. The van der Waals surface area contributed by atoms with Crippen LogP contribution in [0, 0.1) is 6.92 Å². The summed E-state index contributed by atoms with van der Waals surface area (Å²) in [5.41, 5.74) is 0.499. The predicted molar refractivity (Wildman–Crippen MR) is 98.2 cm³/mol. The first kappa shape index (κ1) is 20.2. The van der Waals surface area contributed by atoms with Crippen molar-refractivity contribution in [2.75, 3.05) is 18.5 Å². The van der Waals surface area contributed by atoms with E-state index in [1.54, 1.807) is 19.9 Å². The number of anilines is 1. The third-order valence-electron chi connectivity index (χ3n) is 2.98. The number of carbonyl (C=O) groups is 3. The highest BCUT2D eigenvalue weighted by Crippen LogP contribution is 2.27. The van der Waals surface area contributed by atoms with Crippen LogP contribution in [0.1, 0.15) is 32.6 Å². The first-order valence-electron chi connectivity index (χ1n) is 7.38. The van der Waals surface area contributed by atoms with Gasteiger partial charge in [0.1, 0.15) is 10.0 Å². The number of nitrogens with zero attached hydrogens (tertiary/aromatic N) is 1. The second-order valence-electron chi connectivity index (χ2n) is 4.93. The van der Waals surface area contributed by atoms with Gasteiger partial charge >= 0.3 is 11.9 Å². The van der Waals surface area contributed by atoms with Gasteiger partial charge in [0.2, 0.25) is 0 Å². The van der Waals surface area contributed by atoms with Gasteiger partial charge in [-0.05, 0) is 37.6 Å². The number of rotatable bonds is 6. The molecule has 0 radical (unpaired) electrons. The summed E-state index contributed by atoms with van der Waals surface area (Å²) in [5.74, 6) is -1.90. The molecule has 2 aromatic rings. The predicted octanol–water partition coefficient (Wildman–Crippen LogP) is 3.73. The van der Waals surface area contributed by atoms with Crippen molar-refractivity contribution >= 4 is 57.4 Å². The molecule has 0 fully saturated rings. The average molecular weight is 417 g/mol. The maximum Gasteiger partial charge on any atom is 0.359 e. The third kappa shape index (κ3) is 5.17. The van der Waals surface area contributed by atoms with Crippen molar-refractivity contribution in [3.63, 3.8) is 0 Å². The molecule has 7 nitrogen and oxygen atoms in total. The number of nitrogens with one attached hydrogen (secondary N) is 1. The Morgan fingerprint density at radius 1 is 1.19 bits per heavy atom. The van der Waals surface area contributed by atoms with Gasteiger partial charge in [0.15, 0.2) is 12.3 Å². The topological polar surface area (TPSA) is 94.6 Å². The second kappa shape index (κ2) is 8.98. The zero-order valence-corrected chi connectivity index (χ0v) is 16.1. The molecule has 2 aromatic heterocycles. The molecule has 0 aliphatic heterocycles. The number of thiophene rings is 1. The molecule has 0 bridgehead atoms. The Morgan fingerprint density at radius 2 is 1.92 bits per heavy atom.